The molecule has 4 nitrogen and oxygen atoms in total. The SMILES string of the molecule is C[C@@H]1CC[C@@H](N2CCN(c3ncccn3)CC2)C1. The first-order chi connectivity index (χ1) is 8.83. The predicted octanol–water partition coefficient (Wildman–Crippen LogP) is 1.79. The normalized spacial score (nSPS) is 29.7. The average Bonchev–Trinajstić information content (AvgIpc) is 2.87. The quantitative estimate of drug-likeness (QED) is 0.796. The molecule has 3 rings (SSSR count). The summed E-state index contributed by atoms with van der Waals surface area (Å²) in [5.74, 6) is 1.81. The third-order valence-corrected chi connectivity index (χ3v) is 4.33. The van der Waals surface area contributed by atoms with Crippen molar-refractivity contribution in [3.63, 3.8) is 0 Å². The van der Waals surface area contributed by atoms with Crippen molar-refractivity contribution in [3.8, 4) is 0 Å². The van der Waals surface area contributed by atoms with Crippen LogP contribution in [-0.2, 0) is 0 Å². The molecule has 1 saturated carbocycles. The second-order valence-corrected chi connectivity index (χ2v) is 5.64. The van der Waals surface area contributed by atoms with Crippen molar-refractivity contribution in [1.82, 2.24) is 14.9 Å². The van der Waals surface area contributed by atoms with Gasteiger partial charge in [0.05, 0.1) is 0 Å². The molecule has 2 atom stereocenters. The molecule has 0 N–H and O–H groups in total. The van der Waals surface area contributed by atoms with Gasteiger partial charge in [-0.15, -0.1) is 0 Å². The number of nitrogens with zero attached hydrogens (tertiary/aromatic N) is 4. The minimum absolute atomic E-state index is 0.832. The maximum Gasteiger partial charge on any atom is 0.225 e. The molecule has 1 aromatic heterocycles. The molecule has 0 aromatic carbocycles. The molecular formula is C14H22N4. The summed E-state index contributed by atoms with van der Waals surface area (Å²) in [5.41, 5.74) is 0. The second-order valence-electron chi connectivity index (χ2n) is 5.64. The zero-order valence-electron chi connectivity index (χ0n) is 11.1. The molecule has 0 spiro atoms. The fourth-order valence-electron chi connectivity index (χ4n) is 3.25. The van der Waals surface area contributed by atoms with Gasteiger partial charge in [0, 0.05) is 44.6 Å². The largest absolute Gasteiger partial charge is 0.338 e. The molecule has 0 radical (unpaired) electrons. The summed E-state index contributed by atoms with van der Waals surface area (Å²) in [6, 6.07) is 2.71. The van der Waals surface area contributed by atoms with E-state index in [2.05, 4.69) is 26.7 Å². The summed E-state index contributed by atoms with van der Waals surface area (Å²) in [6.07, 6.45) is 7.85. The third kappa shape index (κ3) is 2.48. The van der Waals surface area contributed by atoms with Gasteiger partial charge >= 0.3 is 0 Å². The van der Waals surface area contributed by atoms with Gasteiger partial charge in [-0.25, -0.2) is 9.97 Å². The van der Waals surface area contributed by atoms with Gasteiger partial charge in [-0.05, 0) is 31.2 Å². The summed E-state index contributed by atoms with van der Waals surface area (Å²) < 4.78 is 0. The highest BCUT2D eigenvalue weighted by Crippen LogP contribution is 2.29. The summed E-state index contributed by atoms with van der Waals surface area (Å²) in [7, 11) is 0. The van der Waals surface area contributed by atoms with Crippen molar-refractivity contribution in [2.24, 2.45) is 5.92 Å². The lowest BCUT2D eigenvalue weighted by molar-refractivity contribution is 0.184. The van der Waals surface area contributed by atoms with Gasteiger partial charge in [0.2, 0.25) is 5.95 Å². The molecule has 98 valence electrons. The van der Waals surface area contributed by atoms with E-state index in [4.69, 9.17) is 0 Å². The van der Waals surface area contributed by atoms with Crippen LogP contribution in [0.4, 0.5) is 5.95 Å². The molecule has 4 heteroatoms. The zero-order valence-corrected chi connectivity index (χ0v) is 11.1. The van der Waals surface area contributed by atoms with Crippen molar-refractivity contribution in [2.75, 3.05) is 31.1 Å². The molecule has 18 heavy (non-hydrogen) atoms. The Hall–Kier alpha value is -1.16. The van der Waals surface area contributed by atoms with E-state index < -0.39 is 0 Å². The van der Waals surface area contributed by atoms with E-state index in [9.17, 15) is 0 Å². The van der Waals surface area contributed by atoms with Gasteiger partial charge < -0.3 is 4.90 Å². The van der Waals surface area contributed by atoms with Crippen LogP contribution in [0, 0.1) is 5.92 Å². The molecule has 2 aliphatic rings. The van der Waals surface area contributed by atoms with Crippen molar-refractivity contribution in [2.45, 2.75) is 32.2 Å². The Morgan fingerprint density at radius 1 is 1.06 bits per heavy atom. The molecule has 2 heterocycles. The standard InChI is InChI=1S/C14H22N4/c1-12-3-4-13(11-12)17-7-9-18(10-8-17)14-15-5-2-6-16-14/h2,5-6,12-13H,3-4,7-11H2,1H3/t12-,13-/m1/s1. The Balaban J connectivity index is 1.55. The van der Waals surface area contributed by atoms with Crippen molar-refractivity contribution >= 4 is 5.95 Å². The van der Waals surface area contributed by atoms with E-state index in [1.54, 1.807) is 0 Å². The Morgan fingerprint density at radius 3 is 2.39 bits per heavy atom. The van der Waals surface area contributed by atoms with Crippen molar-refractivity contribution in [1.29, 1.82) is 0 Å². The molecule has 0 amide bonds. The maximum atomic E-state index is 4.33. The van der Waals surface area contributed by atoms with Crippen LogP contribution in [0.15, 0.2) is 18.5 Å². The first-order valence-electron chi connectivity index (χ1n) is 7.09. The molecule has 1 saturated heterocycles. The highest BCUT2D eigenvalue weighted by Gasteiger charge is 2.29. The highest BCUT2D eigenvalue weighted by atomic mass is 15.3. The van der Waals surface area contributed by atoms with Gasteiger partial charge in [0.25, 0.3) is 0 Å². The lowest BCUT2D eigenvalue weighted by Crippen LogP contribution is -2.50. The Kier molecular flexibility index (Phi) is 3.46. The topological polar surface area (TPSA) is 32.3 Å². The summed E-state index contributed by atoms with van der Waals surface area (Å²) in [5, 5.41) is 0. The molecular weight excluding hydrogens is 224 g/mol. The van der Waals surface area contributed by atoms with Crippen molar-refractivity contribution < 1.29 is 0 Å². The Morgan fingerprint density at radius 2 is 1.78 bits per heavy atom. The highest BCUT2D eigenvalue weighted by molar-refractivity contribution is 5.29. The van der Waals surface area contributed by atoms with Crippen LogP contribution in [0.5, 0.6) is 0 Å². The molecule has 1 aliphatic heterocycles. The van der Waals surface area contributed by atoms with E-state index in [1.807, 2.05) is 18.5 Å². The molecule has 1 aliphatic carbocycles. The lowest BCUT2D eigenvalue weighted by Gasteiger charge is -2.38. The van der Waals surface area contributed by atoms with Crippen LogP contribution in [0.25, 0.3) is 0 Å². The van der Waals surface area contributed by atoms with E-state index in [-0.39, 0.29) is 0 Å². The fraction of sp³-hybridized carbons (Fsp3) is 0.714. The minimum atomic E-state index is 0.832. The number of rotatable bonds is 2. The lowest BCUT2D eigenvalue weighted by atomic mass is 10.1. The number of piperazine rings is 1. The van der Waals surface area contributed by atoms with Gasteiger partial charge in [-0.2, -0.15) is 0 Å². The van der Waals surface area contributed by atoms with E-state index in [0.717, 1.165) is 44.1 Å². The fourth-order valence-corrected chi connectivity index (χ4v) is 3.25. The van der Waals surface area contributed by atoms with Crippen LogP contribution in [0.2, 0.25) is 0 Å². The van der Waals surface area contributed by atoms with Crippen molar-refractivity contribution in [3.05, 3.63) is 18.5 Å². The Labute approximate surface area is 109 Å². The molecule has 0 bridgehead atoms. The number of hydrogen-bond acceptors (Lipinski definition) is 4. The van der Waals surface area contributed by atoms with Gasteiger partial charge in [0.1, 0.15) is 0 Å². The number of hydrogen-bond donors (Lipinski definition) is 0. The number of aromatic nitrogens is 2. The third-order valence-electron chi connectivity index (χ3n) is 4.33. The smallest absolute Gasteiger partial charge is 0.225 e. The summed E-state index contributed by atoms with van der Waals surface area (Å²) >= 11 is 0. The second kappa shape index (κ2) is 5.22. The van der Waals surface area contributed by atoms with E-state index in [0.29, 0.717) is 0 Å². The number of anilines is 1. The minimum Gasteiger partial charge on any atom is -0.338 e. The summed E-state index contributed by atoms with van der Waals surface area (Å²) in [6.45, 7) is 6.84. The first kappa shape index (κ1) is 11.9. The maximum absolute atomic E-state index is 4.33. The Bertz CT molecular complexity index is 373. The van der Waals surface area contributed by atoms with Crippen LogP contribution in [-0.4, -0.2) is 47.1 Å². The van der Waals surface area contributed by atoms with Crippen LogP contribution < -0.4 is 4.90 Å². The van der Waals surface area contributed by atoms with E-state index in [1.165, 1.54) is 19.3 Å². The van der Waals surface area contributed by atoms with Crippen LogP contribution in [0.1, 0.15) is 26.2 Å². The molecule has 0 unspecified atom stereocenters. The van der Waals surface area contributed by atoms with Gasteiger partial charge in [-0.3, -0.25) is 4.90 Å². The van der Waals surface area contributed by atoms with Crippen LogP contribution in [0.3, 0.4) is 0 Å². The average molecular weight is 246 g/mol. The predicted molar refractivity (Wildman–Crippen MR) is 72.6 cm³/mol. The zero-order chi connectivity index (χ0) is 12.4. The van der Waals surface area contributed by atoms with Gasteiger partial charge in [-0.1, -0.05) is 6.92 Å². The molecule has 2 fully saturated rings. The summed E-state index contributed by atoms with van der Waals surface area (Å²) in [4.78, 5) is 13.6. The first-order valence-corrected chi connectivity index (χ1v) is 7.09. The molecule has 1 aromatic rings. The van der Waals surface area contributed by atoms with E-state index >= 15 is 0 Å². The van der Waals surface area contributed by atoms with Crippen LogP contribution >= 0.6 is 0 Å². The monoisotopic (exact) mass is 246 g/mol. The van der Waals surface area contributed by atoms with Gasteiger partial charge in [0.15, 0.2) is 0 Å².